The molecule has 2 atom stereocenters. The van der Waals surface area contributed by atoms with Crippen LogP contribution in [0.4, 0.5) is 24.7 Å². The van der Waals surface area contributed by atoms with Crippen LogP contribution in [-0.2, 0) is 15.5 Å². The fourth-order valence-corrected chi connectivity index (χ4v) is 6.19. The molecule has 0 radical (unpaired) electrons. The number of carbonyl (C=O) groups is 1. The number of rotatable bonds is 6. The van der Waals surface area contributed by atoms with E-state index in [0.29, 0.717) is 52.2 Å². The van der Waals surface area contributed by atoms with Gasteiger partial charge in [-0.25, -0.2) is 9.97 Å². The molecule has 1 saturated heterocycles. The van der Waals surface area contributed by atoms with Crippen molar-refractivity contribution in [1.29, 1.82) is 0 Å². The number of carbonyl (C=O) groups excluding carboxylic acids is 1. The third kappa shape index (κ3) is 5.80. The Labute approximate surface area is 220 Å². The number of anilines is 2. The second kappa shape index (κ2) is 10.2. The van der Waals surface area contributed by atoms with Gasteiger partial charge in [-0.2, -0.15) is 13.2 Å². The highest BCUT2D eigenvalue weighted by molar-refractivity contribution is 7.70. The lowest BCUT2D eigenvalue weighted by atomic mass is 9.97. The number of benzene rings is 2. The van der Waals surface area contributed by atoms with Gasteiger partial charge in [0.15, 0.2) is 0 Å². The average Bonchev–Trinajstić information content (AvgIpc) is 3.26. The van der Waals surface area contributed by atoms with Gasteiger partial charge in [0.25, 0.3) is 0 Å². The Bertz CT molecular complexity index is 1440. The number of likely N-dealkylation sites (tertiary alicyclic amines) is 1. The lowest BCUT2D eigenvalue weighted by Gasteiger charge is -2.23. The lowest BCUT2D eigenvalue weighted by Crippen LogP contribution is -2.30. The van der Waals surface area contributed by atoms with E-state index in [4.69, 9.17) is 0 Å². The van der Waals surface area contributed by atoms with Gasteiger partial charge in [0.05, 0.1) is 17.1 Å². The molecule has 0 aliphatic carbocycles. The maximum atomic E-state index is 13.5. The van der Waals surface area contributed by atoms with Crippen molar-refractivity contribution in [1.82, 2.24) is 14.9 Å². The minimum Gasteiger partial charge on any atom is -0.380 e. The van der Waals surface area contributed by atoms with E-state index in [1.54, 1.807) is 51.1 Å². The summed E-state index contributed by atoms with van der Waals surface area (Å²) in [5, 5.41) is 8.08. The van der Waals surface area contributed by atoms with E-state index in [1.165, 1.54) is 13.0 Å². The molecular weight excluding hydrogens is 514 g/mol. The summed E-state index contributed by atoms with van der Waals surface area (Å²) < 4.78 is 53.8. The van der Waals surface area contributed by atoms with Gasteiger partial charge in [0.2, 0.25) is 5.91 Å². The van der Waals surface area contributed by atoms with Gasteiger partial charge in [-0.15, -0.1) is 0 Å². The number of alkyl halides is 3. The molecule has 2 aromatic carbocycles. The molecule has 7 nitrogen and oxygen atoms in total. The summed E-state index contributed by atoms with van der Waals surface area (Å²) in [6, 6.07) is 7.34. The maximum absolute atomic E-state index is 13.5. The largest absolute Gasteiger partial charge is 0.416 e. The fourth-order valence-electron chi connectivity index (χ4n) is 5.05. The van der Waals surface area contributed by atoms with Gasteiger partial charge in [-0.1, -0.05) is 12.1 Å². The van der Waals surface area contributed by atoms with Crippen molar-refractivity contribution < 1.29 is 22.5 Å². The predicted octanol–water partition coefficient (Wildman–Crippen LogP) is 5.72. The number of amides is 1. The molecule has 1 amide bonds. The lowest BCUT2D eigenvalue weighted by molar-refractivity contribution is -0.138. The Morgan fingerprint density at radius 2 is 1.89 bits per heavy atom. The third-order valence-corrected chi connectivity index (χ3v) is 8.53. The topological polar surface area (TPSA) is 87.2 Å². The summed E-state index contributed by atoms with van der Waals surface area (Å²) in [5.41, 5.74) is 1.28. The van der Waals surface area contributed by atoms with Crippen LogP contribution >= 0.6 is 7.14 Å². The van der Waals surface area contributed by atoms with E-state index in [0.717, 1.165) is 12.5 Å². The summed E-state index contributed by atoms with van der Waals surface area (Å²) in [7, 11) is -2.72. The highest BCUT2D eigenvalue weighted by atomic mass is 31.2. The number of hydrogen-bond donors (Lipinski definition) is 2. The monoisotopic (exact) mass is 547 g/mol. The molecule has 4 rings (SSSR count). The number of aryl methyl sites for hydroxylation is 1. The molecule has 0 saturated carbocycles. The summed E-state index contributed by atoms with van der Waals surface area (Å²) in [5.74, 6) is 0.971. The van der Waals surface area contributed by atoms with Crippen LogP contribution in [0.1, 0.15) is 48.8 Å². The van der Waals surface area contributed by atoms with Crippen molar-refractivity contribution in [3.05, 3.63) is 52.8 Å². The highest BCUT2D eigenvalue weighted by Crippen LogP contribution is 2.41. The molecule has 1 aliphatic heterocycles. The predicted molar refractivity (Wildman–Crippen MR) is 146 cm³/mol. The summed E-state index contributed by atoms with van der Waals surface area (Å²) in [4.78, 5) is 22.7. The smallest absolute Gasteiger partial charge is 0.380 e. The van der Waals surface area contributed by atoms with Crippen LogP contribution in [0.5, 0.6) is 0 Å². The van der Waals surface area contributed by atoms with Crippen LogP contribution in [0.25, 0.3) is 10.9 Å². The Morgan fingerprint density at radius 1 is 1.18 bits per heavy atom. The number of nitrogens with one attached hydrogen (secondary N) is 2. The summed E-state index contributed by atoms with van der Waals surface area (Å²) in [6.07, 6.45) is -3.68. The Morgan fingerprint density at radius 3 is 2.50 bits per heavy atom. The molecule has 1 unspecified atom stereocenters. The molecule has 1 fully saturated rings. The molecular formula is C27H33F3N5O2P. The number of aromatic nitrogens is 2. The standard InChI is InChI=1S/C27H33F3N5O2P/c1-15-20(8-7-9-22(15)27(28,29)30)16(2)31-26-21-12-24(34-19-10-11-35(14-19)18(4)36)25(38(5,6)37)13-23(21)32-17(3)33-26/h7-9,12-13,16,19,34H,10-11,14H2,1-6H3,(H,31,32,33)/t16-,19?/m1/s1. The Balaban J connectivity index is 1.76. The van der Waals surface area contributed by atoms with Crippen molar-refractivity contribution in [2.45, 2.75) is 52.4 Å². The van der Waals surface area contributed by atoms with Crippen molar-refractivity contribution in [2.75, 3.05) is 37.1 Å². The quantitative estimate of drug-likeness (QED) is 0.384. The molecule has 2 N–H and O–H groups in total. The van der Waals surface area contributed by atoms with Crippen LogP contribution in [0, 0.1) is 13.8 Å². The summed E-state index contributed by atoms with van der Waals surface area (Å²) >= 11 is 0. The normalized spacial score (nSPS) is 17.1. The van der Waals surface area contributed by atoms with Crippen molar-refractivity contribution in [3.63, 3.8) is 0 Å². The van der Waals surface area contributed by atoms with Crippen LogP contribution in [0.2, 0.25) is 0 Å². The first-order valence-electron chi connectivity index (χ1n) is 12.5. The Kier molecular flexibility index (Phi) is 7.49. The van der Waals surface area contributed by atoms with Crippen molar-refractivity contribution in [2.24, 2.45) is 0 Å². The van der Waals surface area contributed by atoms with Gasteiger partial charge in [0.1, 0.15) is 18.8 Å². The number of hydrogen-bond acceptors (Lipinski definition) is 6. The van der Waals surface area contributed by atoms with E-state index in [1.807, 2.05) is 6.07 Å². The second-order valence-electron chi connectivity index (χ2n) is 10.3. The molecule has 0 bridgehead atoms. The molecule has 38 heavy (non-hydrogen) atoms. The van der Waals surface area contributed by atoms with Gasteiger partial charge < -0.3 is 20.1 Å². The van der Waals surface area contributed by atoms with Crippen LogP contribution in [0.15, 0.2) is 30.3 Å². The third-order valence-electron chi connectivity index (χ3n) is 7.00. The van der Waals surface area contributed by atoms with Crippen molar-refractivity contribution >= 4 is 40.8 Å². The first-order chi connectivity index (χ1) is 17.6. The van der Waals surface area contributed by atoms with Crippen LogP contribution in [-0.4, -0.2) is 53.2 Å². The van der Waals surface area contributed by atoms with E-state index in [2.05, 4.69) is 20.6 Å². The van der Waals surface area contributed by atoms with Crippen molar-refractivity contribution in [3.8, 4) is 0 Å². The highest BCUT2D eigenvalue weighted by Gasteiger charge is 2.33. The first-order valence-corrected chi connectivity index (χ1v) is 15.1. The zero-order valence-corrected chi connectivity index (χ0v) is 23.3. The Hall–Kier alpha value is -3.13. The second-order valence-corrected chi connectivity index (χ2v) is 13.5. The maximum Gasteiger partial charge on any atom is 0.416 e. The molecule has 3 aromatic rings. The molecule has 0 spiro atoms. The summed E-state index contributed by atoms with van der Waals surface area (Å²) in [6.45, 7) is 11.1. The van der Waals surface area contributed by atoms with Gasteiger partial charge in [0, 0.05) is 42.4 Å². The minimum absolute atomic E-state index is 0.00360. The fraction of sp³-hybridized carbons (Fsp3) is 0.444. The SMILES string of the molecule is CC(=O)N1CCC(Nc2cc3c(N[C@H](C)c4cccc(C(F)(F)F)c4C)nc(C)nc3cc2P(C)(C)=O)C1. The average molecular weight is 548 g/mol. The zero-order chi connectivity index (χ0) is 28.0. The molecule has 1 aliphatic rings. The van der Waals surface area contributed by atoms with Gasteiger partial charge in [-0.3, -0.25) is 4.79 Å². The van der Waals surface area contributed by atoms with Crippen LogP contribution < -0.4 is 15.9 Å². The molecule has 11 heteroatoms. The van der Waals surface area contributed by atoms with E-state index < -0.39 is 24.9 Å². The van der Waals surface area contributed by atoms with E-state index >= 15 is 0 Å². The first kappa shape index (κ1) is 27.9. The molecule has 2 heterocycles. The van der Waals surface area contributed by atoms with Crippen LogP contribution in [0.3, 0.4) is 0 Å². The molecule has 204 valence electrons. The van der Waals surface area contributed by atoms with E-state index in [-0.39, 0.29) is 17.5 Å². The van der Waals surface area contributed by atoms with Gasteiger partial charge >= 0.3 is 6.18 Å². The minimum atomic E-state index is -4.44. The zero-order valence-electron chi connectivity index (χ0n) is 22.4. The van der Waals surface area contributed by atoms with E-state index in [9.17, 15) is 22.5 Å². The molecule has 1 aromatic heterocycles. The number of nitrogens with zero attached hydrogens (tertiary/aromatic N) is 3. The number of fused-ring (bicyclic) bond motifs is 1. The number of halogens is 3. The van der Waals surface area contributed by atoms with Gasteiger partial charge in [-0.05, 0) is 69.8 Å².